The Kier molecular flexibility index (Phi) is 6.57. The molecule has 1 atom stereocenters. The van der Waals surface area contributed by atoms with Crippen molar-refractivity contribution in [2.75, 3.05) is 15.6 Å². The summed E-state index contributed by atoms with van der Waals surface area (Å²) in [5.74, 6) is -2.58. The maximum Gasteiger partial charge on any atom is 0.335 e. The van der Waals surface area contributed by atoms with Gasteiger partial charge in [-0.3, -0.25) is 5.43 Å². The minimum Gasteiger partial charge on any atom is -0.505 e. The Morgan fingerprint density at radius 2 is 1.85 bits per heavy atom. The Bertz CT molecular complexity index is 1160. The molecule has 2 aromatic rings. The van der Waals surface area contributed by atoms with Crippen molar-refractivity contribution in [2.24, 2.45) is 0 Å². The second-order valence-electron chi connectivity index (χ2n) is 7.02. The molecule has 3 rings (SSSR count). The number of carboxylic acids is 1. The summed E-state index contributed by atoms with van der Waals surface area (Å²) in [6.45, 7) is 10.6. The van der Waals surface area contributed by atoms with E-state index in [2.05, 4.69) is 18.9 Å². The highest BCUT2D eigenvalue weighted by Crippen LogP contribution is 2.42. The zero-order chi connectivity index (χ0) is 24.3. The van der Waals surface area contributed by atoms with Gasteiger partial charge in [0.25, 0.3) is 0 Å². The van der Waals surface area contributed by atoms with Crippen LogP contribution in [0.15, 0.2) is 60.7 Å². The van der Waals surface area contributed by atoms with Crippen molar-refractivity contribution < 1.29 is 34.1 Å². The molecule has 0 spiro atoms. The molecule has 1 heterocycles. The number of esters is 2. The molecule has 0 aliphatic carbocycles. The van der Waals surface area contributed by atoms with Gasteiger partial charge in [-0.2, -0.15) is 5.12 Å². The fourth-order valence-electron chi connectivity index (χ4n) is 3.00. The lowest BCUT2D eigenvalue weighted by atomic mass is 10.1. The van der Waals surface area contributed by atoms with E-state index >= 15 is 0 Å². The number of hydrogen-bond acceptors (Lipinski definition) is 9. The number of phenolic OH excluding ortho intramolecular Hbond substituents is 1. The zero-order valence-corrected chi connectivity index (χ0v) is 17.9. The molecular weight excluding hydrogens is 430 g/mol. The molecule has 0 amide bonds. The first-order chi connectivity index (χ1) is 15.6. The van der Waals surface area contributed by atoms with Crippen molar-refractivity contribution >= 4 is 35.0 Å². The molecule has 33 heavy (non-hydrogen) atoms. The van der Waals surface area contributed by atoms with Gasteiger partial charge in [0.1, 0.15) is 17.2 Å². The number of rotatable bonds is 7. The molecule has 1 aliphatic heterocycles. The van der Waals surface area contributed by atoms with Gasteiger partial charge in [0.2, 0.25) is 0 Å². The predicted octanol–water partition coefficient (Wildman–Crippen LogP) is 3.42. The molecule has 1 unspecified atom stereocenters. The first-order valence-electron chi connectivity index (χ1n) is 9.72. The molecule has 10 nitrogen and oxygen atoms in total. The normalized spacial score (nSPS) is 13.3. The number of hydrogen-bond donors (Lipinski definition) is 3. The minimum atomic E-state index is -1.13. The number of benzene rings is 2. The maximum atomic E-state index is 12.1. The summed E-state index contributed by atoms with van der Waals surface area (Å²) in [4.78, 5) is 35.1. The molecule has 0 saturated heterocycles. The third kappa shape index (κ3) is 4.90. The van der Waals surface area contributed by atoms with Crippen LogP contribution in [0.3, 0.4) is 0 Å². The van der Waals surface area contributed by atoms with E-state index in [1.54, 1.807) is 6.92 Å². The number of nitrogens with one attached hydrogen (secondary N) is 1. The molecular formula is C23H22N3O7. The van der Waals surface area contributed by atoms with Crippen molar-refractivity contribution in [1.29, 1.82) is 0 Å². The second-order valence-corrected chi connectivity index (χ2v) is 7.02. The molecule has 0 aromatic heterocycles. The van der Waals surface area contributed by atoms with Crippen LogP contribution in [0.25, 0.3) is 0 Å². The number of anilines is 3. The quantitative estimate of drug-likeness (QED) is 0.326. The molecule has 2 aromatic carbocycles. The van der Waals surface area contributed by atoms with Crippen LogP contribution < -0.4 is 20.3 Å². The van der Waals surface area contributed by atoms with E-state index in [9.17, 15) is 24.6 Å². The topological polar surface area (TPSA) is 129 Å². The Morgan fingerprint density at radius 3 is 2.45 bits per heavy atom. The highest BCUT2D eigenvalue weighted by Gasteiger charge is 2.35. The number of aromatic hydroxyl groups is 1. The Balaban J connectivity index is 1.99. The summed E-state index contributed by atoms with van der Waals surface area (Å²) < 4.78 is 10.5. The van der Waals surface area contributed by atoms with Crippen LogP contribution >= 0.6 is 0 Å². The third-order valence-corrected chi connectivity index (χ3v) is 4.49. The largest absolute Gasteiger partial charge is 0.505 e. The highest BCUT2D eigenvalue weighted by atomic mass is 16.6. The van der Waals surface area contributed by atoms with Crippen molar-refractivity contribution in [2.45, 2.75) is 20.1 Å². The molecule has 3 N–H and O–H groups in total. The van der Waals surface area contributed by atoms with E-state index in [-0.39, 0.29) is 28.3 Å². The average molecular weight is 452 g/mol. The second kappa shape index (κ2) is 9.35. The van der Waals surface area contributed by atoms with E-state index in [0.29, 0.717) is 11.4 Å². The van der Waals surface area contributed by atoms with Gasteiger partial charge in [0, 0.05) is 24.6 Å². The maximum absolute atomic E-state index is 12.1. The van der Waals surface area contributed by atoms with Crippen LogP contribution in [0.1, 0.15) is 24.2 Å². The molecule has 0 fully saturated rings. The van der Waals surface area contributed by atoms with Crippen LogP contribution in [0.5, 0.6) is 11.5 Å². The van der Waals surface area contributed by atoms with Gasteiger partial charge in [-0.05, 0) is 44.2 Å². The monoisotopic (exact) mass is 452 g/mol. The number of fused-ring (bicyclic) bond motifs is 1. The van der Waals surface area contributed by atoms with Crippen LogP contribution in [-0.4, -0.2) is 34.3 Å². The summed E-state index contributed by atoms with van der Waals surface area (Å²) in [6, 6.07) is 8.45. The minimum absolute atomic E-state index is 0.0260. The van der Waals surface area contributed by atoms with Crippen LogP contribution in [-0.2, 0) is 14.3 Å². The number of hydrazine groups is 2. The van der Waals surface area contributed by atoms with Gasteiger partial charge in [-0.1, -0.05) is 12.7 Å². The summed E-state index contributed by atoms with van der Waals surface area (Å²) in [6.07, 6.45) is 1.63. The average Bonchev–Trinajstić information content (AvgIpc) is 3.12. The first kappa shape index (κ1) is 23.2. The van der Waals surface area contributed by atoms with Gasteiger partial charge in [0.15, 0.2) is 6.23 Å². The smallest absolute Gasteiger partial charge is 0.335 e. The lowest BCUT2D eigenvalue weighted by Gasteiger charge is -2.35. The van der Waals surface area contributed by atoms with Gasteiger partial charge in [0.05, 0.1) is 16.9 Å². The van der Waals surface area contributed by atoms with Gasteiger partial charge < -0.3 is 19.7 Å². The number of ether oxygens (including phenoxy) is 2. The van der Waals surface area contributed by atoms with Crippen molar-refractivity contribution in [3.8, 4) is 11.5 Å². The highest BCUT2D eigenvalue weighted by molar-refractivity contribution is 5.93. The van der Waals surface area contributed by atoms with E-state index in [0.717, 1.165) is 0 Å². The zero-order valence-electron chi connectivity index (χ0n) is 17.9. The Labute approximate surface area is 189 Å². The molecule has 1 aliphatic rings. The van der Waals surface area contributed by atoms with Crippen LogP contribution in [0, 0.1) is 6.92 Å². The molecule has 0 bridgehead atoms. The number of phenols is 1. The molecule has 1 radical (unpaired) electrons. The van der Waals surface area contributed by atoms with Crippen LogP contribution in [0.4, 0.5) is 17.1 Å². The number of aromatic carboxylic acids is 1. The predicted molar refractivity (Wildman–Crippen MR) is 121 cm³/mol. The molecule has 10 heteroatoms. The summed E-state index contributed by atoms with van der Waals surface area (Å²) in [7, 11) is 0. The molecule has 0 saturated carbocycles. The van der Waals surface area contributed by atoms with Crippen LogP contribution in [0.2, 0.25) is 0 Å². The summed E-state index contributed by atoms with van der Waals surface area (Å²) >= 11 is 0. The van der Waals surface area contributed by atoms with Crippen molar-refractivity contribution in [3.63, 3.8) is 0 Å². The fourth-order valence-corrected chi connectivity index (χ4v) is 3.00. The number of carbonyl (C=O) groups excluding carboxylic acids is 2. The molecule has 171 valence electrons. The van der Waals surface area contributed by atoms with Gasteiger partial charge in [-0.25, -0.2) is 19.4 Å². The number of carbonyl (C=O) groups is 3. The van der Waals surface area contributed by atoms with Gasteiger partial charge >= 0.3 is 17.9 Å². The first-order valence-corrected chi connectivity index (χ1v) is 9.72. The van der Waals surface area contributed by atoms with E-state index < -0.39 is 24.1 Å². The lowest BCUT2D eigenvalue weighted by Crippen LogP contribution is -2.49. The number of allylic oxidation sites excluding steroid dienone is 1. The Morgan fingerprint density at radius 1 is 1.15 bits per heavy atom. The fraction of sp³-hybridized carbons (Fsp3) is 0.130. The van der Waals surface area contributed by atoms with Crippen molar-refractivity contribution in [3.05, 3.63) is 73.2 Å². The number of nitrogens with zero attached hydrogens (tertiary/aromatic N) is 2. The van der Waals surface area contributed by atoms with E-state index in [4.69, 9.17) is 9.47 Å². The summed E-state index contributed by atoms with van der Waals surface area (Å²) in [5.41, 5.74) is 4.16. The standard InChI is InChI=1S/C23H22N3O7/c1-5-6-21(28)33-16-8-10-19(20(27)12-16)26-24-17-11-15(22(29)30)7-9-18(17)25(26)14(4)32-23(31)13(2)3/h5-12,14,24,27H,2,4H2,1,3H3,(H,29,30). The van der Waals surface area contributed by atoms with Crippen molar-refractivity contribution in [1.82, 2.24) is 0 Å². The Hall–Kier alpha value is -4.47. The SMILES string of the molecule is [CH2]C(OC(=O)C(=C)C)N1c2ccc(C(=O)O)cc2NN1c1ccc(OC(=O)C=CC)cc1O. The van der Waals surface area contributed by atoms with E-state index in [1.807, 2.05) is 0 Å². The third-order valence-electron chi connectivity index (χ3n) is 4.49. The number of carboxylic acid groups (broad SMARTS) is 1. The van der Waals surface area contributed by atoms with E-state index in [1.165, 1.54) is 65.6 Å². The van der Waals surface area contributed by atoms with Gasteiger partial charge in [-0.15, -0.1) is 0 Å². The summed E-state index contributed by atoms with van der Waals surface area (Å²) in [5, 5.41) is 22.7. The lowest BCUT2D eigenvalue weighted by molar-refractivity contribution is -0.142.